The molecule has 1 rings (SSSR count). The predicted molar refractivity (Wildman–Crippen MR) is 76.7 cm³/mol. The van der Waals surface area contributed by atoms with Gasteiger partial charge in [-0.2, -0.15) is 5.26 Å². The highest BCUT2D eigenvalue weighted by atomic mass is 16.2. The molecule has 0 aromatic carbocycles. The van der Waals surface area contributed by atoms with Crippen molar-refractivity contribution in [1.82, 2.24) is 10.2 Å². The van der Waals surface area contributed by atoms with Crippen molar-refractivity contribution >= 4 is 6.03 Å². The minimum absolute atomic E-state index is 0.0165. The van der Waals surface area contributed by atoms with Gasteiger partial charge in [0.1, 0.15) is 0 Å². The number of urea groups is 1. The van der Waals surface area contributed by atoms with E-state index in [1.165, 1.54) is 19.3 Å². The summed E-state index contributed by atoms with van der Waals surface area (Å²) in [6.07, 6.45) is 7.28. The molecule has 0 radical (unpaired) electrons. The summed E-state index contributed by atoms with van der Waals surface area (Å²) in [5, 5.41) is 11.7. The van der Waals surface area contributed by atoms with Gasteiger partial charge in [-0.05, 0) is 25.2 Å². The lowest BCUT2D eigenvalue weighted by molar-refractivity contribution is 0.157. The molecule has 0 aromatic rings. The molecule has 0 aromatic heterocycles. The fourth-order valence-corrected chi connectivity index (χ4v) is 2.58. The van der Waals surface area contributed by atoms with Gasteiger partial charge in [-0.25, -0.2) is 4.79 Å². The van der Waals surface area contributed by atoms with E-state index in [1.54, 1.807) is 0 Å². The van der Waals surface area contributed by atoms with Crippen LogP contribution in [0.4, 0.5) is 4.79 Å². The third-order valence-corrected chi connectivity index (χ3v) is 3.74. The van der Waals surface area contributed by atoms with Gasteiger partial charge in [0.15, 0.2) is 0 Å². The lowest BCUT2D eigenvalue weighted by Crippen LogP contribution is -2.47. The molecule has 0 unspecified atom stereocenters. The van der Waals surface area contributed by atoms with E-state index in [2.05, 4.69) is 25.2 Å². The third kappa shape index (κ3) is 5.96. The molecule has 1 aliphatic rings. The average molecular weight is 265 g/mol. The van der Waals surface area contributed by atoms with Crippen molar-refractivity contribution in [3.8, 4) is 6.07 Å². The quantitative estimate of drug-likeness (QED) is 0.801. The second-order valence-electron chi connectivity index (χ2n) is 5.81. The number of nitrogens with zero attached hydrogens (tertiary/aromatic N) is 2. The van der Waals surface area contributed by atoms with Crippen LogP contribution >= 0.6 is 0 Å². The number of hydrogen-bond acceptors (Lipinski definition) is 2. The summed E-state index contributed by atoms with van der Waals surface area (Å²) in [4.78, 5) is 14.1. The molecule has 4 heteroatoms. The van der Waals surface area contributed by atoms with E-state index in [9.17, 15) is 4.79 Å². The first-order chi connectivity index (χ1) is 9.15. The van der Waals surface area contributed by atoms with E-state index in [4.69, 9.17) is 5.26 Å². The van der Waals surface area contributed by atoms with E-state index in [-0.39, 0.29) is 6.03 Å². The van der Waals surface area contributed by atoms with Crippen LogP contribution in [0.1, 0.15) is 58.8 Å². The fraction of sp³-hybridized carbons (Fsp3) is 0.867. The molecule has 4 nitrogen and oxygen atoms in total. The monoisotopic (exact) mass is 265 g/mol. The van der Waals surface area contributed by atoms with Gasteiger partial charge in [-0.15, -0.1) is 0 Å². The molecule has 0 aliphatic heterocycles. The SMILES string of the molecule is CC(C)CCNC(=O)N(CCC#N)C1CCCCC1. The first kappa shape index (κ1) is 15.8. The zero-order valence-corrected chi connectivity index (χ0v) is 12.3. The summed E-state index contributed by atoms with van der Waals surface area (Å²) < 4.78 is 0. The molecular weight excluding hydrogens is 238 g/mol. The Morgan fingerprint density at radius 2 is 2.05 bits per heavy atom. The Morgan fingerprint density at radius 3 is 2.63 bits per heavy atom. The van der Waals surface area contributed by atoms with Crippen molar-refractivity contribution in [2.45, 2.75) is 64.8 Å². The zero-order chi connectivity index (χ0) is 14.1. The smallest absolute Gasteiger partial charge is 0.317 e. The van der Waals surface area contributed by atoms with Crippen LogP contribution < -0.4 is 5.32 Å². The minimum Gasteiger partial charge on any atom is -0.338 e. The minimum atomic E-state index is 0.0165. The maximum absolute atomic E-state index is 12.2. The number of carbonyl (C=O) groups is 1. The summed E-state index contributed by atoms with van der Waals surface area (Å²) in [6, 6.07) is 2.50. The number of hydrogen-bond donors (Lipinski definition) is 1. The van der Waals surface area contributed by atoms with Gasteiger partial charge in [0.25, 0.3) is 0 Å². The number of nitriles is 1. The topological polar surface area (TPSA) is 56.1 Å². The Morgan fingerprint density at radius 1 is 1.37 bits per heavy atom. The Labute approximate surface area is 117 Å². The summed E-state index contributed by atoms with van der Waals surface area (Å²) in [7, 11) is 0. The van der Waals surface area contributed by atoms with Gasteiger partial charge in [0.05, 0.1) is 12.5 Å². The number of rotatable bonds is 6. The highest BCUT2D eigenvalue weighted by Crippen LogP contribution is 2.22. The van der Waals surface area contributed by atoms with E-state index < -0.39 is 0 Å². The van der Waals surface area contributed by atoms with Crippen molar-refractivity contribution < 1.29 is 4.79 Å². The molecule has 19 heavy (non-hydrogen) atoms. The molecule has 2 amide bonds. The normalized spacial score (nSPS) is 16.1. The molecule has 0 atom stereocenters. The standard InChI is InChI=1S/C15H27N3O/c1-13(2)9-11-17-15(19)18(12-6-10-16)14-7-4-3-5-8-14/h13-14H,3-9,11-12H2,1-2H3,(H,17,19). The first-order valence-corrected chi connectivity index (χ1v) is 7.56. The van der Waals surface area contributed by atoms with Crippen LogP contribution in [0, 0.1) is 17.2 Å². The lowest BCUT2D eigenvalue weighted by Gasteiger charge is -2.34. The van der Waals surface area contributed by atoms with E-state index >= 15 is 0 Å². The highest BCUT2D eigenvalue weighted by Gasteiger charge is 2.24. The second-order valence-corrected chi connectivity index (χ2v) is 5.81. The molecular formula is C15H27N3O. The van der Waals surface area contributed by atoms with Crippen molar-refractivity contribution in [1.29, 1.82) is 5.26 Å². The van der Waals surface area contributed by atoms with Gasteiger partial charge in [0.2, 0.25) is 0 Å². The van der Waals surface area contributed by atoms with Crippen molar-refractivity contribution in [2.75, 3.05) is 13.1 Å². The Bertz CT molecular complexity index is 303. The molecule has 1 aliphatic carbocycles. The number of carbonyl (C=O) groups excluding carboxylic acids is 1. The molecule has 0 heterocycles. The summed E-state index contributed by atoms with van der Waals surface area (Å²) in [5.41, 5.74) is 0. The van der Waals surface area contributed by atoms with Gasteiger partial charge >= 0.3 is 6.03 Å². The number of nitrogens with one attached hydrogen (secondary N) is 1. The van der Waals surface area contributed by atoms with Crippen LogP contribution in [0.2, 0.25) is 0 Å². The van der Waals surface area contributed by atoms with Crippen LogP contribution in [-0.2, 0) is 0 Å². The predicted octanol–water partition coefficient (Wildman–Crippen LogP) is 3.29. The Balaban J connectivity index is 2.46. The Hall–Kier alpha value is -1.24. The maximum atomic E-state index is 12.2. The summed E-state index contributed by atoms with van der Waals surface area (Å²) in [6.45, 7) is 5.60. The van der Waals surface area contributed by atoms with Crippen LogP contribution in [0.5, 0.6) is 0 Å². The largest absolute Gasteiger partial charge is 0.338 e. The van der Waals surface area contributed by atoms with Crippen molar-refractivity contribution in [2.24, 2.45) is 5.92 Å². The maximum Gasteiger partial charge on any atom is 0.317 e. The van der Waals surface area contributed by atoms with Gasteiger partial charge < -0.3 is 10.2 Å². The first-order valence-electron chi connectivity index (χ1n) is 7.56. The summed E-state index contributed by atoms with van der Waals surface area (Å²) >= 11 is 0. The van der Waals surface area contributed by atoms with Gasteiger partial charge in [-0.3, -0.25) is 0 Å². The van der Waals surface area contributed by atoms with Crippen molar-refractivity contribution in [3.63, 3.8) is 0 Å². The molecule has 108 valence electrons. The van der Waals surface area contributed by atoms with Crippen LogP contribution in [-0.4, -0.2) is 30.1 Å². The molecule has 0 saturated heterocycles. The zero-order valence-electron chi connectivity index (χ0n) is 12.3. The fourth-order valence-electron chi connectivity index (χ4n) is 2.58. The molecule has 1 fully saturated rings. The third-order valence-electron chi connectivity index (χ3n) is 3.74. The molecule has 0 bridgehead atoms. The second kappa shape index (κ2) is 8.79. The van der Waals surface area contributed by atoms with Crippen LogP contribution in [0.3, 0.4) is 0 Å². The summed E-state index contributed by atoms with van der Waals surface area (Å²) in [5.74, 6) is 0.600. The van der Waals surface area contributed by atoms with Gasteiger partial charge in [-0.1, -0.05) is 33.1 Å². The van der Waals surface area contributed by atoms with Crippen molar-refractivity contribution in [3.05, 3.63) is 0 Å². The lowest BCUT2D eigenvalue weighted by atomic mass is 9.94. The van der Waals surface area contributed by atoms with Gasteiger partial charge in [0, 0.05) is 19.1 Å². The van der Waals surface area contributed by atoms with E-state index in [0.29, 0.717) is 24.9 Å². The number of amides is 2. The van der Waals surface area contributed by atoms with E-state index in [1.807, 2.05) is 4.90 Å². The van der Waals surface area contributed by atoms with Crippen LogP contribution in [0.15, 0.2) is 0 Å². The highest BCUT2D eigenvalue weighted by molar-refractivity contribution is 5.74. The van der Waals surface area contributed by atoms with E-state index in [0.717, 1.165) is 25.8 Å². The molecule has 0 spiro atoms. The average Bonchev–Trinajstić information content (AvgIpc) is 2.40. The molecule has 1 saturated carbocycles. The molecule has 1 N–H and O–H groups in total. The Kier molecular flexibility index (Phi) is 7.32. The van der Waals surface area contributed by atoms with Crippen LogP contribution in [0.25, 0.3) is 0 Å².